The minimum absolute atomic E-state index is 0.343. The Bertz CT molecular complexity index is 336. The molecule has 0 aromatic rings. The van der Waals surface area contributed by atoms with Crippen molar-refractivity contribution in [2.24, 2.45) is 10.6 Å². The highest BCUT2D eigenvalue weighted by molar-refractivity contribution is 6.28. The molecule has 8 heteroatoms. The normalized spacial score (nSPS) is 10.1. The van der Waals surface area contributed by atoms with Gasteiger partial charge in [-0.3, -0.25) is 4.79 Å². The largest absolute Gasteiger partial charge is 0.530 e. The van der Waals surface area contributed by atoms with Crippen molar-refractivity contribution in [3.05, 3.63) is 0 Å². The lowest BCUT2D eigenvalue weighted by molar-refractivity contribution is -0.262. The smallest absolute Gasteiger partial charge is 0.242 e. The Morgan fingerprint density at radius 3 is 2.24 bits per heavy atom. The fourth-order valence-electron chi connectivity index (χ4n) is 0.365. The Morgan fingerprint density at radius 1 is 1.65 bits per heavy atom. The van der Waals surface area contributed by atoms with Gasteiger partial charge >= 0.3 is 0 Å². The molecule has 7 nitrogen and oxygen atoms in total. The van der Waals surface area contributed by atoms with Crippen LogP contribution in [-0.4, -0.2) is 41.2 Å². The predicted octanol–water partition coefficient (Wildman–Crippen LogP) is 0.0231. The Hall–Kier alpha value is -1.81. The fraction of sp³-hybridized carbons (Fsp3) is 0.556. The molecule has 17 heavy (non-hydrogen) atoms. The maximum atomic E-state index is 10.3. The van der Waals surface area contributed by atoms with Crippen molar-refractivity contribution in [3.63, 3.8) is 0 Å². The van der Waals surface area contributed by atoms with Crippen LogP contribution in [0.3, 0.4) is 0 Å². The first-order valence-corrected chi connectivity index (χ1v) is 4.88. The molecular weight excluding hydrogens is 250 g/mol. The maximum Gasteiger partial charge on any atom is 0.242 e. The summed E-state index contributed by atoms with van der Waals surface area (Å²) in [5, 5.41) is 28.8. The summed E-state index contributed by atoms with van der Waals surface area (Å²) in [6.45, 7) is 3.32. The molecule has 0 aliphatic carbocycles. The van der Waals surface area contributed by atoms with Gasteiger partial charge in [-0.15, -0.1) is 16.8 Å². The molecule has 2 amide bonds. The lowest BCUT2D eigenvalue weighted by atomic mass is 9.98. The van der Waals surface area contributed by atoms with E-state index in [-0.39, 0.29) is 5.88 Å². The van der Waals surface area contributed by atoms with Gasteiger partial charge in [0.2, 0.25) is 5.91 Å². The standard InChI is InChI=1S/C5H8N2O.C4H6ClNO3/c1-5(2,3-6)4-7-8;1-6(4(8)9)3(7)2-5/h4,8H,1-2H3;2H2,1H3,(H,8,9)/p-1. The van der Waals surface area contributed by atoms with E-state index in [1.54, 1.807) is 13.8 Å². The number of imide groups is 1. The van der Waals surface area contributed by atoms with Gasteiger partial charge in [-0.1, -0.05) is 0 Å². The van der Waals surface area contributed by atoms with Gasteiger partial charge < -0.3 is 20.0 Å². The highest BCUT2D eigenvalue weighted by Crippen LogP contribution is 2.07. The fourth-order valence-corrected chi connectivity index (χ4v) is 0.544. The minimum Gasteiger partial charge on any atom is -0.530 e. The highest BCUT2D eigenvalue weighted by atomic mass is 35.5. The van der Waals surface area contributed by atoms with Crippen molar-refractivity contribution < 1.29 is 19.9 Å². The second-order valence-electron chi connectivity index (χ2n) is 3.43. The first-order chi connectivity index (χ1) is 7.71. The number of rotatable bonds is 2. The molecule has 0 saturated carbocycles. The number of carboxylic acid groups (broad SMARTS) is 1. The topological polar surface area (TPSA) is 117 Å². The van der Waals surface area contributed by atoms with Crippen molar-refractivity contribution >= 4 is 29.8 Å². The summed E-state index contributed by atoms with van der Waals surface area (Å²) in [6.07, 6.45) is -0.354. The molecule has 0 aliphatic rings. The van der Waals surface area contributed by atoms with Crippen LogP contribution in [0.2, 0.25) is 0 Å². The molecule has 0 spiro atoms. The molecule has 0 aliphatic heterocycles. The van der Waals surface area contributed by atoms with E-state index in [1.807, 2.05) is 6.07 Å². The molecule has 0 bridgehead atoms. The van der Waals surface area contributed by atoms with Gasteiger partial charge in [0.1, 0.15) is 12.0 Å². The average molecular weight is 263 g/mol. The number of hydrogen-bond donors (Lipinski definition) is 1. The molecule has 0 radical (unpaired) electrons. The van der Waals surface area contributed by atoms with Crippen LogP contribution in [0.15, 0.2) is 5.16 Å². The molecule has 0 heterocycles. The van der Waals surface area contributed by atoms with E-state index < -0.39 is 17.4 Å². The molecule has 0 saturated heterocycles. The number of nitriles is 1. The second-order valence-corrected chi connectivity index (χ2v) is 3.70. The summed E-state index contributed by atoms with van der Waals surface area (Å²) >= 11 is 5.01. The van der Waals surface area contributed by atoms with Crippen LogP contribution in [0.4, 0.5) is 4.79 Å². The Morgan fingerprint density at radius 2 is 2.12 bits per heavy atom. The summed E-state index contributed by atoms with van der Waals surface area (Å²) in [5.41, 5.74) is -0.644. The van der Waals surface area contributed by atoms with Gasteiger partial charge in [-0.25, -0.2) is 0 Å². The van der Waals surface area contributed by atoms with E-state index in [9.17, 15) is 14.7 Å². The van der Waals surface area contributed by atoms with E-state index in [0.717, 1.165) is 7.05 Å². The quantitative estimate of drug-likeness (QED) is 0.326. The van der Waals surface area contributed by atoms with E-state index in [2.05, 4.69) is 5.16 Å². The molecule has 1 N–H and O–H groups in total. The van der Waals surface area contributed by atoms with Crippen molar-refractivity contribution in [3.8, 4) is 6.07 Å². The number of carbonyl (C=O) groups is 2. The lowest BCUT2D eigenvalue weighted by Gasteiger charge is -2.14. The average Bonchev–Trinajstić information content (AvgIpc) is 2.27. The zero-order valence-corrected chi connectivity index (χ0v) is 10.4. The summed E-state index contributed by atoms with van der Waals surface area (Å²) in [4.78, 5) is 20.6. The van der Waals surface area contributed by atoms with Crippen LogP contribution in [-0.2, 0) is 4.79 Å². The SMILES string of the molecule is CC(C)(C#N)C=NO.CN(C(=O)[O-])C(=O)CCl. The molecule has 0 aromatic heterocycles. The first kappa shape index (κ1) is 17.6. The van der Waals surface area contributed by atoms with Crippen molar-refractivity contribution in [1.29, 1.82) is 5.26 Å². The Labute approximate surface area is 104 Å². The van der Waals surface area contributed by atoms with E-state index in [4.69, 9.17) is 22.1 Å². The molecule has 0 fully saturated rings. The number of alkyl halides is 1. The number of hydrogen-bond acceptors (Lipinski definition) is 6. The number of amides is 2. The van der Waals surface area contributed by atoms with E-state index >= 15 is 0 Å². The van der Waals surface area contributed by atoms with Crippen LogP contribution in [0.5, 0.6) is 0 Å². The summed E-state index contributed by atoms with van der Waals surface area (Å²) in [7, 11) is 1.08. The van der Waals surface area contributed by atoms with Crippen LogP contribution >= 0.6 is 11.6 Å². The molecule has 0 aromatic carbocycles. The number of nitrogens with zero attached hydrogens (tertiary/aromatic N) is 3. The predicted molar refractivity (Wildman–Crippen MR) is 58.6 cm³/mol. The molecule has 0 unspecified atom stereocenters. The number of carbonyl (C=O) groups excluding carboxylic acids is 2. The van der Waals surface area contributed by atoms with Gasteiger partial charge in [0.25, 0.3) is 0 Å². The van der Waals surface area contributed by atoms with Crippen LogP contribution in [0.25, 0.3) is 0 Å². The molecule has 0 rings (SSSR count). The number of halogens is 1. The summed E-state index contributed by atoms with van der Waals surface area (Å²) in [5.74, 6) is -1.03. The van der Waals surface area contributed by atoms with Gasteiger partial charge in [-0.05, 0) is 13.8 Å². The third-order valence-corrected chi connectivity index (χ3v) is 1.66. The lowest BCUT2D eigenvalue weighted by Crippen LogP contribution is -2.42. The highest BCUT2D eigenvalue weighted by Gasteiger charge is 2.11. The second kappa shape index (κ2) is 8.35. The zero-order valence-electron chi connectivity index (χ0n) is 9.68. The van der Waals surface area contributed by atoms with E-state index in [1.165, 1.54) is 6.21 Å². The van der Waals surface area contributed by atoms with Gasteiger partial charge in [-0.2, -0.15) is 5.26 Å². The first-order valence-electron chi connectivity index (χ1n) is 4.35. The van der Waals surface area contributed by atoms with Crippen LogP contribution in [0.1, 0.15) is 13.8 Å². The summed E-state index contributed by atoms with van der Waals surface area (Å²) in [6, 6.07) is 1.93. The van der Waals surface area contributed by atoms with Crippen molar-refractivity contribution in [2.75, 3.05) is 12.9 Å². The maximum absolute atomic E-state index is 10.3. The summed E-state index contributed by atoms with van der Waals surface area (Å²) < 4.78 is 0. The molecule has 96 valence electrons. The van der Waals surface area contributed by atoms with Crippen molar-refractivity contribution in [2.45, 2.75) is 13.8 Å². The van der Waals surface area contributed by atoms with Crippen LogP contribution < -0.4 is 5.11 Å². The third-order valence-electron chi connectivity index (χ3n) is 1.43. The molecule has 0 atom stereocenters. The monoisotopic (exact) mass is 262 g/mol. The number of oxime groups is 1. The van der Waals surface area contributed by atoms with E-state index in [0.29, 0.717) is 4.90 Å². The van der Waals surface area contributed by atoms with Gasteiger partial charge in [0.05, 0.1) is 17.7 Å². The van der Waals surface area contributed by atoms with Gasteiger partial charge in [0.15, 0.2) is 0 Å². The Kier molecular flexibility index (Phi) is 8.64. The van der Waals surface area contributed by atoms with Gasteiger partial charge in [0, 0.05) is 7.05 Å². The molecular formula is C9H13ClN3O4-. The van der Waals surface area contributed by atoms with Crippen molar-refractivity contribution in [1.82, 2.24) is 4.90 Å². The minimum atomic E-state index is -1.54. The van der Waals surface area contributed by atoms with Crippen LogP contribution in [0, 0.1) is 16.7 Å². The third kappa shape index (κ3) is 9.14. The zero-order chi connectivity index (χ0) is 14.1. The Balaban J connectivity index is 0.